The van der Waals surface area contributed by atoms with Crippen LogP contribution in [-0.4, -0.2) is 36.1 Å². The lowest BCUT2D eigenvalue weighted by Crippen LogP contribution is -2.29. The van der Waals surface area contributed by atoms with Gasteiger partial charge >= 0.3 is 0 Å². The van der Waals surface area contributed by atoms with Gasteiger partial charge in [-0.1, -0.05) is 0 Å². The minimum Gasteiger partial charge on any atom is -0.491 e. The van der Waals surface area contributed by atoms with Crippen LogP contribution in [0.4, 0.5) is 13.2 Å². The lowest BCUT2D eigenvalue weighted by Gasteiger charge is -2.16. The number of amides is 1. The largest absolute Gasteiger partial charge is 0.491 e. The maximum absolute atomic E-state index is 13.8. The third-order valence-corrected chi connectivity index (χ3v) is 3.56. The van der Waals surface area contributed by atoms with Gasteiger partial charge in [0.2, 0.25) is 5.82 Å². The summed E-state index contributed by atoms with van der Waals surface area (Å²) >= 11 is 1.51. The van der Waals surface area contributed by atoms with E-state index in [-0.39, 0.29) is 0 Å². The molecule has 0 radical (unpaired) electrons. The molecule has 1 aromatic rings. The van der Waals surface area contributed by atoms with E-state index >= 15 is 0 Å². The van der Waals surface area contributed by atoms with Crippen molar-refractivity contribution in [2.75, 3.05) is 25.3 Å². The highest BCUT2D eigenvalue weighted by Crippen LogP contribution is 2.28. The smallest absolute Gasteiger partial charge is 0.257 e. The first-order valence-corrected chi connectivity index (χ1v) is 6.30. The Balaban J connectivity index is 2.44. The van der Waals surface area contributed by atoms with Crippen LogP contribution in [0.3, 0.4) is 0 Å². The number of benzene rings is 1. The Morgan fingerprint density at radius 1 is 1.39 bits per heavy atom. The zero-order chi connectivity index (χ0) is 13.3. The lowest BCUT2D eigenvalue weighted by atomic mass is 10.1. The van der Waals surface area contributed by atoms with Crippen LogP contribution in [0.5, 0.6) is 5.75 Å². The summed E-state index contributed by atoms with van der Waals surface area (Å²) in [5.41, 5.74) is -0.506. The highest BCUT2D eigenvalue weighted by molar-refractivity contribution is 7.99. The summed E-state index contributed by atoms with van der Waals surface area (Å²) < 4.78 is 44.7. The van der Waals surface area contributed by atoms with Crippen molar-refractivity contribution in [3.05, 3.63) is 29.1 Å². The van der Waals surface area contributed by atoms with Gasteiger partial charge in [0.25, 0.3) is 5.91 Å². The van der Waals surface area contributed by atoms with E-state index in [9.17, 15) is 18.0 Å². The van der Waals surface area contributed by atoms with Crippen molar-refractivity contribution in [2.24, 2.45) is 0 Å². The fraction of sp³-hybridized carbons (Fsp3) is 0.364. The molecule has 1 fully saturated rings. The Hall–Kier alpha value is -1.37. The Bertz CT molecular complexity index is 490. The van der Waals surface area contributed by atoms with Crippen molar-refractivity contribution < 1.29 is 22.7 Å². The highest BCUT2D eigenvalue weighted by Gasteiger charge is 2.28. The van der Waals surface area contributed by atoms with Crippen LogP contribution in [0.1, 0.15) is 10.4 Å². The Labute approximate surface area is 106 Å². The molecule has 0 unspecified atom stereocenters. The topological polar surface area (TPSA) is 29.5 Å². The molecule has 1 saturated heterocycles. The minimum atomic E-state index is -1.43. The molecule has 1 heterocycles. The predicted molar refractivity (Wildman–Crippen MR) is 61.2 cm³/mol. The third kappa shape index (κ3) is 2.14. The van der Waals surface area contributed by atoms with Crippen LogP contribution >= 0.6 is 11.8 Å². The maximum atomic E-state index is 13.8. The summed E-state index contributed by atoms with van der Waals surface area (Å²) in [6, 6.07) is 0.568. The van der Waals surface area contributed by atoms with Crippen LogP contribution in [0.15, 0.2) is 6.07 Å². The summed E-state index contributed by atoms with van der Waals surface area (Å²) in [6.07, 6.45) is 0. The Kier molecular flexibility index (Phi) is 3.70. The number of thioether (sulfide) groups is 1. The fourth-order valence-electron chi connectivity index (χ4n) is 1.66. The molecule has 0 bridgehead atoms. The molecule has 0 N–H and O–H groups in total. The molecule has 7 heteroatoms. The van der Waals surface area contributed by atoms with Crippen LogP contribution in [0.25, 0.3) is 0 Å². The van der Waals surface area contributed by atoms with Crippen molar-refractivity contribution >= 4 is 17.7 Å². The van der Waals surface area contributed by atoms with Gasteiger partial charge in [0, 0.05) is 12.3 Å². The molecule has 0 aromatic heterocycles. The molecule has 0 spiro atoms. The van der Waals surface area contributed by atoms with Gasteiger partial charge < -0.3 is 9.64 Å². The third-order valence-electron chi connectivity index (χ3n) is 2.59. The van der Waals surface area contributed by atoms with Crippen LogP contribution in [-0.2, 0) is 0 Å². The van der Waals surface area contributed by atoms with Crippen LogP contribution in [0, 0.1) is 17.5 Å². The van der Waals surface area contributed by atoms with E-state index in [1.54, 1.807) is 0 Å². The van der Waals surface area contributed by atoms with Gasteiger partial charge in [-0.25, -0.2) is 8.78 Å². The van der Waals surface area contributed by atoms with Gasteiger partial charge in [-0.3, -0.25) is 4.79 Å². The van der Waals surface area contributed by atoms with Crippen molar-refractivity contribution in [2.45, 2.75) is 0 Å². The van der Waals surface area contributed by atoms with Crippen LogP contribution in [0.2, 0.25) is 0 Å². The zero-order valence-electron chi connectivity index (χ0n) is 9.50. The molecule has 0 aliphatic carbocycles. The number of methoxy groups -OCH3 is 1. The number of carbonyl (C=O) groups is 1. The van der Waals surface area contributed by atoms with E-state index in [0.29, 0.717) is 18.5 Å². The van der Waals surface area contributed by atoms with E-state index in [2.05, 4.69) is 4.74 Å². The quantitative estimate of drug-likeness (QED) is 0.777. The molecule has 1 aliphatic rings. The molecule has 98 valence electrons. The van der Waals surface area contributed by atoms with Crippen molar-refractivity contribution in [1.29, 1.82) is 0 Å². The first-order valence-electron chi connectivity index (χ1n) is 5.14. The van der Waals surface area contributed by atoms with Crippen molar-refractivity contribution in [3.8, 4) is 5.75 Å². The minimum absolute atomic E-state index is 0.416. The zero-order valence-corrected chi connectivity index (χ0v) is 10.3. The van der Waals surface area contributed by atoms with E-state index in [1.807, 2.05) is 0 Å². The van der Waals surface area contributed by atoms with E-state index in [1.165, 1.54) is 16.7 Å². The van der Waals surface area contributed by atoms with Gasteiger partial charge in [0.1, 0.15) is 0 Å². The van der Waals surface area contributed by atoms with E-state index in [0.717, 1.165) is 12.9 Å². The molecule has 1 aliphatic heterocycles. The summed E-state index contributed by atoms with van der Waals surface area (Å²) in [4.78, 5) is 13.3. The number of carbonyl (C=O) groups excluding carboxylic acids is 1. The molecular weight excluding hydrogens is 267 g/mol. The van der Waals surface area contributed by atoms with Gasteiger partial charge in [0.05, 0.1) is 18.6 Å². The summed E-state index contributed by atoms with van der Waals surface area (Å²) in [7, 11) is 1.01. The van der Waals surface area contributed by atoms with Gasteiger partial charge in [0.15, 0.2) is 17.4 Å². The molecule has 3 nitrogen and oxygen atoms in total. The molecule has 0 saturated carbocycles. The molecule has 2 rings (SSSR count). The molecular formula is C11H10F3NO2S. The van der Waals surface area contributed by atoms with Crippen molar-refractivity contribution in [1.82, 2.24) is 4.90 Å². The number of rotatable bonds is 2. The Morgan fingerprint density at radius 2 is 2.11 bits per heavy atom. The summed E-state index contributed by atoms with van der Waals surface area (Å²) in [6.45, 7) is 0.463. The SMILES string of the molecule is COc1c(F)c(F)cc(C(=O)N2CCSC2)c1F. The molecule has 1 aromatic carbocycles. The second kappa shape index (κ2) is 5.09. The summed E-state index contributed by atoms with van der Waals surface area (Å²) in [5.74, 6) is -4.27. The Morgan fingerprint density at radius 3 is 2.67 bits per heavy atom. The van der Waals surface area contributed by atoms with E-state index < -0.39 is 34.7 Å². The second-order valence-electron chi connectivity index (χ2n) is 3.67. The van der Waals surface area contributed by atoms with Gasteiger partial charge in [-0.15, -0.1) is 11.8 Å². The fourth-order valence-corrected chi connectivity index (χ4v) is 2.61. The highest BCUT2D eigenvalue weighted by atomic mass is 32.2. The normalized spacial score (nSPS) is 15.0. The standard InChI is InChI=1S/C11H10F3NO2S/c1-17-10-8(13)6(4-7(12)9(10)14)11(16)15-2-3-18-5-15/h4H,2-3,5H2,1H3. The number of nitrogens with zero attached hydrogens (tertiary/aromatic N) is 1. The van der Waals surface area contributed by atoms with Gasteiger partial charge in [-0.05, 0) is 6.07 Å². The predicted octanol–water partition coefficient (Wildman–Crippen LogP) is 2.26. The number of ether oxygens (including phenoxy) is 1. The van der Waals surface area contributed by atoms with E-state index in [4.69, 9.17) is 0 Å². The monoisotopic (exact) mass is 277 g/mol. The number of halogens is 3. The average Bonchev–Trinajstić information content (AvgIpc) is 2.87. The lowest BCUT2D eigenvalue weighted by molar-refractivity contribution is 0.0796. The number of hydrogen-bond donors (Lipinski definition) is 0. The van der Waals surface area contributed by atoms with Gasteiger partial charge in [-0.2, -0.15) is 4.39 Å². The average molecular weight is 277 g/mol. The first-order chi connectivity index (χ1) is 8.56. The molecule has 0 atom stereocenters. The molecule has 18 heavy (non-hydrogen) atoms. The maximum Gasteiger partial charge on any atom is 0.257 e. The first kappa shape index (κ1) is 13.1. The molecule has 1 amide bonds. The number of hydrogen-bond acceptors (Lipinski definition) is 3. The second-order valence-corrected chi connectivity index (χ2v) is 4.75. The van der Waals surface area contributed by atoms with Crippen LogP contribution < -0.4 is 4.74 Å². The van der Waals surface area contributed by atoms with Crippen molar-refractivity contribution in [3.63, 3.8) is 0 Å². The summed E-state index contributed by atoms with van der Waals surface area (Å²) in [5, 5.41) is 0.